The number of carbonyl (C=O) groups excluding carboxylic acids is 1. The molecule has 0 aliphatic rings. The molecule has 6 nitrogen and oxygen atoms in total. The minimum Gasteiger partial charge on any atom is -0.296 e. The van der Waals surface area contributed by atoms with Gasteiger partial charge in [-0.05, 0) is 24.5 Å². The number of carbonyl (C=O) groups is 1. The third-order valence-corrected chi connectivity index (χ3v) is 5.66. The average Bonchev–Trinajstić information content (AvgIpc) is 3.24. The Bertz CT molecular complexity index is 1260. The number of thiazole rings is 1. The Hall–Kier alpha value is -3.32. The predicted molar refractivity (Wildman–Crippen MR) is 121 cm³/mol. The SMILES string of the molecule is CCCn1nc(C(=O)Nc2nc(-c3ccc(CC)cc3)cs2)c2ccccc2c1=O. The van der Waals surface area contributed by atoms with E-state index in [9.17, 15) is 9.59 Å². The van der Waals surface area contributed by atoms with Gasteiger partial charge >= 0.3 is 0 Å². The van der Waals surface area contributed by atoms with E-state index in [2.05, 4.69) is 34.5 Å². The standard InChI is InChI=1S/C23H22N4O2S/c1-3-13-27-22(29)18-8-6-5-7-17(18)20(26-27)21(28)25-23-24-19(14-30-23)16-11-9-15(4-2)10-12-16/h5-12,14H,3-4,13H2,1-2H3,(H,24,25,28). The lowest BCUT2D eigenvalue weighted by molar-refractivity contribution is 0.102. The Labute approximate surface area is 178 Å². The van der Waals surface area contributed by atoms with E-state index in [-0.39, 0.29) is 17.2 Å². The predicted octanol–water partition coefficient (Wildman–Crippen LogP) is 4.74. The Morgan fingerprint density at radius 1 is 1.07 bits per heavy atom. The number of hydrogen-bond acceptors (Lipinski definition) is 5. The Kier molecular flexibility index (Phi) is 5.72. The molecule has 4 aromatic rings. The molecule has 1 N–H and O–H groups in total. The van der Waals surface area contributed by atoms with E-state index in [0.29, 0.717) is 22.4 Å². The molecule has 30 heavy (non-hydrogen) atoms. The third-order valence-electron chi connectivity index (χ3n) is 4.90. The molecule has 0 unspecified atom stereocenters. The molecule has 4 rings (SSSR count). The molecule has 2 aromatic carbocycles. The second kappa shape index (κ2) is 8.59. The molecule has 0 aliphatic carbocycles. The van der Waals surface area contributed by atoms with E-state index in [1.165, 1.54) is 21.6 Å². The highest BCUT2D eigenvalue weighted by Crippen LogP contribution is 2.26. The number of hydrogen-bond donors (Lipinski definition) is 1. The molecule has 0 fully saturated rings. The summed E-state index contributed by atoms with van der Waals surface area (Å²) in [4.78, 5) is 30.2. The Morgan fingerprint density at radius 2 is 1.80 bits per heavy atom. The highest BCUT2D eigenvalue weighted by Gasteiger charge is 2.18. The molecule has 2 heterocycles. The van der Waals surface area contributed by atoms with Gasteiger partial charge in [-0.15, -0.1) is 11.3 Å². The normalized spacial score (nSPS) is 11.0. The minimum absolute atomic E-state index is 0.184. The van der Waals surface area contributed by atoms with E-state index >= 15 is 0 Å². The van der Waals surface area contributed by atoms with Crippen molar-refractivity contribution in [1.82, 2.24) is 14.8 Å². The summed E-state index contributed by atoms with van der Waals surface area (Å²) in [6.45, 7) is 4.54. The van der Waals surface area contributed by atoms with Crippen LogP contribution in [-0.2, 0) is 13.0 Å². The van der Waals surface area contributed by atoms with Crippen LogP contribution in [0.2, 0.25) is 0 Å². The molecule has 152 valence electrons. The molecule has 0 saturated heterocycles. The molecule has 0 aliphatic heterocycles. The van der Waals surface area contributed by atoms with Crippen LogP contribution in [0.5, 0.6) is 0 Å². The molecule has 0 spiro atoms. The van der Waals surface area contributed by atoms with Crippen LogP contribution < -0.4 is 10.9 Å². The Balaban J connectivity index is 1.64. The maximum absolute atomic E-state index is 13.0. The van der Waals surface area contributed by atoms with Crippen molar-refractivity contribution in [2.75, 3.05) is 5.32 Å². The number of nitrogens with zero attached hydrogens (tertiary/aromatic N) is 3. The van der Waals surface area contributed by atoms with Gasteiger partial charge in [0.15, 0.2) is 10.8 Å². The number of benzene rings is 2. The first kappa shape index (κ1) is 20.0. The van der Waals surface area contributed by atoms with Gasteiger partial charge < -0.3 is 0 Å². The zero-order valence-corrected chi connectivity index (χ0v) is 17.7. The van der Waals surface area contributed by atoms with Crippen LogP contribution >= 0.6 is 11.3 Å². The zero-order valence-electron chi connectivity index (χ0n) is 16.9. The number of amides is 1. The molecule has 7 heteroatoms. The first-order valence-corrected chi connectivity index (χ1v) is 10.8. The van der Waals surface area contributed by atoms with Gasteiger partial charge in [0.25, 0.3) is 11.5 Å². The molecular weight excluding hydrogens is 396 g/mol. The van der Waals surface area contributed by atoms with Gasteiger partial charge in [-0.1, -0.05) is 56.3 Å². The summed E-state index contributed by atoms with van der Waals surface area (Å²) in [5.41, 5.74) is 3.12. The van der Waals surface area contributed by atoms with Crippen LogP contribution in [0.3, 0.4) is 0 Å². The van der Waals surface area contributed by atoms with Crippen molar-refractivity contribution >= 4 is 33.1 Å². The fourth-order valence-corrected chi connectivity index (χ4v) is 4.01. The average molecular weight is 419 g/mol. The van der Waals surface area contributed by atoms with E-state index in [1.54, 1.807) is 24.3 Å². The van der Waals surface area contributed by atoms with E-state index in [0.717, 1.165) is 24.1 Å². The third kappa shape index (κ3) is 3.89. The van der Waals surface area contributed by atoms with Gasteiger partial charge in [-0.3, -0.25) is 14.9 Å². The number of aromatic nitrogens is 3. The summed E-state index contributed by atoms with van der Waals surface area (Å²) >= 11 is 1.36. The molecule has 1 amide bonds. The van der Waals surface area contributed by atoms with Crippen molar-refractivity contribution in [2.45, 2.75) is 33.2 Å². The summed E-state index contributed by atoms with van der Waals surface area (Å²) in [5.74, 6) is -0.377. The van der Waals surface area contributed by atoms with Gasteiger partial charge in [-0.2, -0.15) is 5.10 Å². The minimum atomic E-state index is -0.377. The first-order chi connectivity index (χ1) is 14.6. The van der Waals surface area contributed by atoms with Crippen LogP contribution in [0, 0.1) is 0 Å². The smallest absolute Gasteiger partial charge is 0.278 e. The van der Waals surface area contributed by atoms with Crippen molar-refractivity contribution in [3.63, 3.8) is 0 Å². The quantitative estimate of drug-likeness (QED) is 0.490. The van der Waals surface area contributed by atoms with E-state index < -0.39 is 0 Å². The molecule has 0 saturated carbocycles. The van der Waals surface area contributed by atoms with Crippen LogP contribution in [0.4, 0.5) is 5.13 Å². The fourth-order valence-electron chi connectivity index (χ4n) is 3.30. The summed E-state index contributed by atoms with van der Waals surface area (Å²) in [5, 5.41) is 10.6. The van der Waals surface area contributed by atoms with Gasteiger partial charge in [0, 0.05) is 22.9 Å². The second-order valence-corrected chi connectivity index (χ2v) is 7.82. The van der Waals surface area contributed by atoms with E-state index in [4.69, 9.17) is 0 Å². The summed E-state index contributed by atoms with van der Waals surface area (Å²) in [7, 11) is 0. The maximum atomic E-state index is 13.0. The van der Waals surface area contributed by atoms with Crippen LogP contribution in [-0.4, -0.2) is 20.7 Å². The number of fused-ring (bicyclic) bond motifs is 1. The molecule has 0 bridgehead atoms. The monoisotopic (exact) mass is 418 g/mol. The highest BCUT2D eigenvalue weighted by atomic mass is 32.1. The highest BCUT2D eigenvalue weighted by molar-refractivity contribution is 7.14. The van der Waals surface area contributed by atoms with Crippen molar-refractivity contribution < 1.29 is 4.79 Å². The van der Waals surface area contributed by atoms with E-state index in [1.807, 2.05) is 24.4 Å². The molecular formula is C23H22N4O2S. The van der Waals surface area contributed by atoms with Crippen LogP contribution in [0.25, 0.3) is 22.0 Å². The van der Waals surface area contributed by atoms with Crippen LogP contribution in [0.1, 0.15) is 36.3 Å². The molecule has 0 atom stereocenters. The lowest BCUT2D eigenvalue weighted by atomic mass is 10.1. The number of aryl methyl sites for hydroxylation is 2. The lowest BCUT2D eigenvalue weighted by Crippen LogP contribution is -2.27. The summed E-state index contributed by atoms with van der Waals surface area (Å²) < 4.78 is 1.36. The van der Waals surface area contributed by atoms with Gasteiger partial charge in [0.05, 0.1) is 11.1 Å². The van der Waals surface area contributed by atoms with Gasteiger partial charge in [0.2, 0.25) is 0 Å². The first-order valence-electron chi connectivity index (χ1n) is 9.96. The van der Waals surface area contributed by atoms with Crippen molar-refractivity contribution in [3.05, 3.63) is 75.5 Å². The van der Waals surface area contributed by atoms with Crippen LogP contribution in [0.15, 0.2) is 58.7 Å². The van der Waals surface area contributed by atoms with Gasteiger partial charge in [0.1, 0.15) is 0 Å². The number of anilines is 1. The summed E-state index contributed by atoms with van der Waals surface area (Å²) in [6.07, 6.45) is 1.73. The van der Waals surface area contributed by atoms with Crippen molar-refractivity contribution in [1.29, 1.82) is 0 Å². The zero-order chi connectivity index (χ0) is 21.1. The maximum Gasteiger partial charge on any atom is 0.278 e. The Morgan fingerprint density at radius 3 is 2.50 bits per heavy atom. The van der Waals surface area contributed by atoms with Gasteiger partial charge in [-0.25, -0.2) is 9.67 Å². The fraction of sp³-hybridized carbons (Fsp3) is 0.217. The molecule has 0 radical (unpaired) electrons. The van der Waals surface area contributed by atoms with Crippen molar-refractivity contribution in [3.8, 4) is 11.3 Å². The largest absolute Gasteiger partial charge is 0.296 e. The second-order valence-electron chi connectivity index (χ2n) is 6.96. The number of nitrogens with one attached hydrogen (secondary N) is 1. The topological polar surface area (TPSA) is 76.9 Å². The summed E-state index contributed by atoms with van der Waals surface area (Å²) in [6, 6.07) is 15.3. The lowest BCUT2D eigenvalue weighted by Gasteiger charge is -2.09. The number of rotatable bonds is 6. The van der Waals surface area contributed by atoms with Crippen molar-refractivity contribution in [2.24, 2.45) is 0 Å². The molecule has 2 aromatic heterocycles.